The van der Waals surface area contributed by atoms with E-state index in [0.717, 1.165) is 4.68 Å². The standard InChI is InChI=1S/C13H15N3O6/c1-20-11(18)5-2-6-14-10(17)8-16-13(19)22-12(15-16)9-4-3-7-21-9/h3-4,7H,2,5-6,8H2,1H3,(H,14,17). The van der Waals surface area contributed by atoms with Gasteiger partial charge in [-0.25, -0.2) is 4.79 Å². The van der Waals surface area contributed by atoms with Gasteiger partial charge >= 0.3 is 11.7 Å². The van der Waals surface area contributed by atoms with E-state index < -0.39 is 11.7 Å². The Morgan fingerprint density at radius 2 is 2.27 bits per heavy atom. The highest BCUT2D eigenvalue weighted by Gasteiger charge is 2.14. The molecule has 0 fully saturated rings. The first-order valence-corrected chi connectivity index (χ1v) is 6.55. The molecule has 2 heterocycles. The topological polar surface area (TPSA) is 117 Å². The zero-order valence-electron chi connectivity index (χ0n) is 11.9. The first-order valence-electron chi connectivity index (χ1n) is 6.55. The fourth-order valence-corrected chi connectivity index (χ4v) is 1.66. The molecule has 0 radical (unpaired) electrons. The molecule has 2 rings (SSSR count). The summed E-state index contributed by atoms with van der Waals surface area (Å²) in [4.78, 5) is 34.2. The lowest BCUT2D eigenvalue weighted by Gasteiger charge is -2.03. The van der Waals surface area contributed by atoms with Crippen LogP contribution >= 0.6 is 0 Å². The zero-order chi connectivity index (χ0) is 15.9. The van der Waals surface area contributed by atoms with Gasteiger partial charge in [-0.05, 0) is 18.6 Å². The van der Waals surface area contributed by atoms with Gasteiger partial charge in [0.15, 0.2) is 5.76 Å². The first-order chi connectivity index (χ1) is 10.6. The number of esters is 1. The molecule has 1 amide bonds. The normalized spacial score (nSPS) is 10.4. The number of furan rings is 1. The number of rotatable bonds is 7. The minimum absolute atomic E-state index is 0.00786. The molecular formula is C13H15N3O6. The summed E-state index contributed by atoms with van der Waals surface area (Å²) < 4.78 is 15.3. The molecule has 0 atom stereocenters. The van der Waals surface area contributed by atoms with E-state index in [9.17, 15) is 14.4 Å². The SMILES string of the molecule is COC(=O)CCCNC(=O)Cn1nc(-c2ccco2)oc1=O. The smallest absolute Gasteiger partial charge is 0.437 e. The van der Waals surface area contributed by atoms with Gasteiger partial charge in [0, 0.05) is 13.0 Å². The van der Waals surface area contributed by atoms with Gasteiger partial charge in [-0.2, -0.15) is 4.68 Å². The Hall–Kier alpha value is -2.84. The molecule has 118 valence electrons. The van der Waals surface area contributed by atoms with Crippen molar-refractivity contribution in [2.24, 2.45) is 0 Å². The number of methoxy groups -OCH3 is 1. The third-order valence-electron chi connectivity index (χ3n) is 2.74. The van der Waals surface area contributed by atoms with Gasteiger partial charge in [-0.1, -0.05) is 0 Å². The number of aromatic nitrogens is 2. The summed E-state index contributed by atoms with van der Waals surface area (Å²) in [5.41, 5.74) is 0. The molecule has 9 nitrogen and oxygen atoms in total. The van der Waals surface area contributed by atoms with E-state index in [4.69, 9.17) is 8.83 Å². The van der Waals surface area contributed by atoms with Crippen molar-refractivity contribution >= 4 is 11.9 Å². The van der Waals surface area contributed by atoms with Gasteiger partial charge < -0.3 is 18.9 Å². The van der Waals surface area contributed by atoms with Gasteiger partial charge in [0.25, 0.3) is 5.89 Å². The average Bonchev–Trinajstić information content (AvgIpc) is 3.14. The minimum atomic E-state index is -0.754. The van der Waals surface area contributed by atoms with Crippen molar-refractivity contribution in [1.82, 2.24) is 15.1 Å². The van der Waals surface area contributed by atoms with Gasteiger partial charge in [0.2, 0.25) is 5.91 Å². The molecule has 0 aromatic carbocycles. The van der Waals surface area contributed by atoms with E-state index in [1.807, 2.05) is 0 Å². The van der Waals surface area contributed by atoms with Crippen LogP contribution in [-0.4, -0.2) is 35.3 Å². The van der Waals surface area contributed by atoms with Crippen LogP contribution in [0.1, 0.15) is 12.8 Å². The lowest BCUT2D eigenvalue weighted by Crippen LogP contribution is -2.32. The molecule has 1 N–H and O–H groups in total. The van der Waals surface area contributed by atoms with Crippen molar-refractivity contribution in [3.8, 4) is 11.7 Å². The lowest BCUT2D eigenvalue weighted by atomic mass is 10.3. The fourth-order valence-electron chi connectivity index (χ4n) is 1.66. The Balaban J connectivity index is 1.84. The molecular weight excluding hydrogens is 294 g/mol. The number of carbonyl (C=O) groups is 2. The Kier molecular flexibility index (Phi) is 5.12. The molecule has 0 aliphatic rings. The predicted molar refractivity (Wildman–Crippen MR) is 72.7 cm³/mol. The molecule has 0 spiro atoms. The summed E-state index contributed by atoms with van der Waals surface area (Å²) in [5.74, 6) is -1.20. The number of carbonyl (C=O) groups excluding carboxylic acids is 2. The maximum atomic E-state index is 11.7. The van der Waals surface area contributed by atoms with E-state index in [-0.39, 0.29) is 24.8 Å². The van der Waals surface area contributed by atoms with Gasteiger partial charge in [-0.15, -0.1) is 5.10 Å². The molecule has 2 aromatic heterocycles. The quantitative estimate of drug-likeness (QED) is 0.572. The number of nitrogens with zero attached hydrogens (tertiary/aromatic N) is 2. The molecule has 2 aromatic rings. The second-order valence-corrected chi connectivity index (χ2v) is 4.34. The third kappa shape index (κ3) is 4.08. The first kappa shape index (κ1) is 15.5. The largest absolute Gasteiger partial charge is 0.469 e. The van der Waals surface area contributed by atoms with E-state index in [0.29, 0.717) is 18.7 Å². The third-order valence-corrected chi connectivity index (χ3v) is 2.74. The predicted octanol–water partition coefficient (Wildman–Crippen LogP) is 0.166. The number of hydrogen-bond donors (Lipinski definition) is 1. The Bertz CT molecular complexity index is 685. The second kappa shape index (κ2) is 7.25. The second-order valence-electron chi connectivity index (χ2n) is 4.34. The van der Waals surface area contributed by atoms with Crippen LogP contribution in [0.25, 0.3) is 11.7 Å². The van der Waals surface area contributed by atoms with Crippen molar-refractivity contribution < 1.29 is 23.2 Å². The summed E-state index contributed by atoms with van der Waals surface area (Å²) in [6, 6.07) is 3.21. The molecule has 0 bridgehead atoms. The van der Waals surface area contributed by atoms with Crippen LogP contribution in [-0.2, 0) is 20.9 Å². The molecule has 9 heteroatoms. The van der Waals surface area contributed by atoms with Crippen molar-refractivity contribution in [3.63, 3.8) is 0 Å². The lowest BCUT2D eigenvalue weighted by molar-refractivity contribution is -0.140. The fraction of sp³-hybridized carbons (Fsp3) is 0.385. The van der Waals surface area contributed by atoms with Crippen molar-refractivity contribution in [3.05, 3.63) is 28.9 Å². The monoisotopic (exact) mass is 309 g/mol. The maximum absolute atomic E-state index is 11.7. The number of hydrogen-bond acceptors (Lipinski definition) is 7. The summed E-state index contributed by atoms with van der Waals surface area (Å²) in [6.45, 7) is 0.0207. The van der Waals surface area contributed by atoms with Crippen LogP contribution in [0.2, 0.25) is 0 Å². The zero-order valence-corrected chi connectivity index (χ0v) is 11.9. The molecule has 0 saturated carbocycles. The number of ether oxygens (including phenoxy) is 1. The molecule has 0 saturated heterocycles. The molecule has 0 aliphatic heterocycles. The summed E-state index contributed by atoms with van der Waals surface area (Å²) in [7, 11) is 1.30. The van der Waals surface area contributed by atoms with Crippen LogP contribution in [0, 0.1) is 0 Å². The van der Waals surface area contributed by atoms with Crippen LogP contribution < -0.4 is 11.1 Å². The van der Waals surface area contributed by atoms with Gasteiger partial charge in [-0.3, -0.25) is 9.59 Å². The van der Waals surface area contributed by atoms with Gasteiger partial charge in [0.1, 0.15) is 6.54 Å². The highest BCUT2D eigenvalue weighted by molar-refractivity contribution is 5.75. The van der Waals surface area contributed by atoms with E-state index in [1.165, 1.54) is 13.4 Å². The highest BCUT2D eigenvalue weighted by atomic mass is 16.5. The average molecular weight is 309 g/mol. The van der Waals surface area contributed by atoms with E-state index in [1.54, 1.807) is 12.1 Å². The summed E-state index contributed by atoms with van der Waals surface area (Å²) in [6.07, 6.45) is 2.08. The molecule has 0 unspecified atom stereocenters. The molecule has 22 heavy (non-hydrogen) atoms. The van der Waals surface area contributed by atoms with Crippen molar-refractivity contribution in [2.75, 3.05) is 13.7 Å². The summed E-state index contributed by atoms with van der Waals surface area (Å²) in [5, 5.41) is 6.44. The Labute approximate surface area is 124 Å². The van der Waals surface area contributed by atoms with E-state index in [2.05, 4.69) is 15.2 Å². The maximum Gasteiger partial charge on any atom is 0.437 e. The van der Waals surface area contributed by atoms with Crippen LogP contribution in [0.5, 0.6) is 0 Å². The molecule has 0 aliphatic carbocycles. The van der Waals surface area contributed by atoms with Gasteiger partial charge in [0.05, 0.1) is 13.4 Å². The minimum Gasteiger partial charge on any atom is -0.469 e. The van der Waals surface area contributed by atoms with Crippen LogP contribution in [0.4, 0.5) is 0 Å². The van der Waals surface area contributed by atoms with Crippen molar-refractivity contribution in [2.45, 2.75) is 19.4 Å². The number of nitrogens with one attached hydrogen (secondary N) is 1. The Morgan fingerprint density at radius 1 is 1.45 bits per heavy atom. The van der Waals surface area contributed by atoms with Crippen molar-refractivity contribution in [1.29, 1.82) is 0 Å². The van der Waals surface area contributed by atoms with Crippen LogP contribution in [0.3, 0.4) is 0 Å². The summed E-state index contributed by atoms with van der Waals surface area (Å²) >= 11 is 0. The van der Waals surface area contributed by atoms with Crippen LogP contribution in [0.15, 0.2) is 32.0 Å². The number of amides is 1. The highest BCUT2D eigenvalue weighted by Crippen LogP contribution is 2.14. The van der Waals surface area contributed by atoms with E-state index >= 15 is 0 Å². The Morgan fingerprint density at radius 3 is 2.95 bits per heavy atom.